The van der Waals surface area contributed by atoms with Crippen LogP contribution >= 0.6 is 35.6 Å². The molecule has 1 saturated heterocycles. The number of thioether (sulfide) groups is 1. The third-order valence-electron chi connectivity index (χ3n) is 4.51. The van der Waals surface area contributed by atoms with Crippen LogP contribution in [0.1, 0.15) is 16.1 Å². The van der Waals surface area contributed by atoms with E-state index in [1.807, 2.05) is 0 Å². The van der Waals surface area contributed by atoms with Gasteiger partial charge in [-0.3, -0.25) is 9.69 Å². The molecule has 0 unspecified atom stereocenters. The second-order valence-electron chi connectivity index (χ2n) is 6.42. The van der Waals surface area contributed by atoms with Gasteiger partial charge in [-0.2, -0.15) is 0 Å². The second-order valence-corrected chi connectivity index (χ2v) is 8.50. The first kappa shape index (κ1) is 21.2. The van der Waals surface area contributed by atoms with Gasteiger partial charge in [-0.25, -0.2) is 4.79 Å². The molecule has 9 heteroatoms. The number of amides is 1. The molecule has 0 spiro atoms. The molecule has 2 aromatic carbocycles. The molecule has 3 aromatic rings. The summed E-state index contributed by atoms with van der Waals surface area (Å²) in [4.78, 5) is 26.1. The van der Waals surface area contributed by atoms with E-state index in [-0.39, 0.29) is 16.5 Å². The van der Waals surface area contributed by atoms with E-state index in [9.17, 15) is 14.7 Å². The van der Waals surface area contributed by atoms with Gasteiger partial charge in [0.05, 0.1) is 28.3 Å². The highest BCUT2D eigenvalue weighted by Crippen LogP contribution is 2.37. The number of methoxy groups -OCH3 is 1. The number of anilines is 1. The fraction of sp³-hybridized carbons (Fsp3) is 0.0455. The van der Waals surface area contributed by atoms with Crippen LogP contribution in [0.25, 0.3) is 17.4 Å². The number of furan rings is 1. The number of thiocarbonyl (C=S) groups is 1. The first-order valence-electron chi connectivity index (χ1n) is 8.92. The van der Waals surface area contributed by atoms with Gasteiger partial charge in [0.2, 0.25) is 0 Å². The van der Waals surface area contributed by atoms with Crippen molar-refractivity contribution in [2.75, 3.05) is 12.0 Å². The molecule has 1 fully saturated rings. The van der Waals surface area contributed by atoms with Crippen LogP contribution in [0.5, 0.6) is 5.75 Å². The van der Waals surface area contributed by atoms with Crippen LogP contribution < -0.4 is 9.64 Å². The van der Waals surface area contributed by atoms with Crippen molar-refractivity contribution in [3.8, 4) is 17.1 Å². The third kappa shape index (κ3) is 4.23. The number of hydrogen-bond acceptors (Lipinski definition) is 6. The summed E-state index contributed by atoms with van der Waals surface area (Å²) in [6, 6.07) is 15.0. The number of carbonyl (C=O) groups is 2. The first-order valence-corrected chi connectivity index (χ1v) is 10.5. The van der Waals surface area contributed by atoms with Gasteiger partial charge >= 0.3 is 5.97 Å². The van der Waals surface area contributed by atoms with Gasteiger partial charge in [0.25, 0.3) is 5.91 Å². The van der Waals surface area contributed by atoms with E-state index in [0.29, 0.717) is 37.7 Å². The number of nitrogens with zero attached hydrogens (tertiary/aromatic N) is 1. The average Bonchev–Trinajstić information content (AvgIpc) is 3.33. The number of rotatable bonds is 5. The molecule has 0 saturated carbocycles. The number of halogens is 1. The molecule has 0 atom stereocenters. The maximum absolute atomic E-state index is 12.9. The molecule has 2 heterocycles. The third-order valence-corrected chi connectivity index (χ3v) is 6.14. The van der Waals surface area contributed by atoms with E-state index < -0.39 is 5.97 Å². The van der Waals surface area contributed by atoms with Crippen molar-refractivity contribution in [3.63, 3.8) is 0 Å². The Hall–Kier alpha value is -3.07. The molecule has 1 aliphatic heterocycles. The Bertz CT molecular complexity index is 1230. The number of ether oxygens (including phenoxy) is 1. The quantitative estimate of drug-likeness (QED) is 0.377. The van der Waals surface area contributed by atoms with Crippen molar-refractivity contribution in [3.05, 3.63) is 75.8 Å². The van der Waals surface area contributed by atoms with Crippen molar-refractivity contribution in [2.24, 2.45) is 0 Å². The molecule has 31 heavy (non-hydrogen) atoms. The van der Waals surface area contributed by atoms with Crippen LogP contribution in [0.15, 0.2) is 63.9 Å². The van der Waals surface area contributed by atoms with E-state index in [2.05, 4.69) is 0 Å². The Morgan fingerprint density at radius 2 is 1.94 bits per heavy atom. The number of carboxylic acids is 1. The summed E-state index contributed by atoms with van der Waals surface area (Å²) < 4.78 is 11.4. The fourth-order valence-corrected chi connectivity index (χ4v) is 4.46. The largest absolute Gasteiger partial charge is 0.497 e. The molecule has 0 bridgehead atoms. The van der Waals surface area contributed by atoms with E-state index in [0.717, 1.165) is 0 Å². The Morgan fingerprint density at radius 1 is 1.19 bits per heavy atom. The van der Waals surface area contributed by atoms with Crippen molar-refractivity contribution in [1.82, 2.24) is 0 Å². The molecule has 0 radical (unpaired) electrons. The zero-order chi connectivity index (χ0) is 22.1. The van der Waals surface area contributed by atoms with Crippen LogP contribution in [0.2, 0.25) is 5.02 Å². The van der Waals surface area contributed by atoms with Crippen LogP contribution in [0, 0.1) is 0 Å². The van der Waals surface area contributed by atoms with Crippen molar-refractivity contribution >= 4 is 63.5 Å². The number of carboxylic acid groups (broad SMARTS) is 1. The van der Waals surface area contributed by atoms with Crippen molar-refractivity contribution < 1.29 is 23.8 Å². The minimum atomic E-state index is -1.12. The minimum absolute atomic E-state index is 0.0162. The summed E-state index contributed by atoms with van der Waals surface area (Å²) in [6.07, 6.45) is 1.61. The molecule has 1 N–H and O–H groups in total. The number of aromatic carboxylic acids is 1. The lowest BCUT2D eigenvalue weighted by molar-refractivity contribution is -0.113. The standard InChI is InChI=1S/C22H14ClNO5S2/c1-28-14-5-3-13(4-6-14)24-20(25)19(31-22(24)30)11-15-7-9-18(29-15)12-2-8-17(23)16(10-12)21(26)27/h2-11H,1H3,(H,26,27). The molecular weight excluding hydrogens is 458 g/mol. The Balaban J connectivity index is 1.59. The Morgan fingerprint density at radius 3 is 2.61 bits per heavy atom. The number of carbonyl (C=O) groups excluding carboxylic acids is 1. The molecule has 1 aromatic heterocycles. The molecule has 1 amide bonds. The van der Waals surface area contributed by atoms with Gasteiger partial charge < -0.3 is 14.3 Å². The van der Waals surface area contributed by atoms with Gasteiger partial charge in [-0.15, -0.1) is 0 Å². The van der Waals surface area contributed by atoms with Crippen LogP contribution in [0.4, 0.5) is 5.69 Å². The first-order chi connectivity index (χ1) is 14.9. The average molecular weight is 472 g/mol. The normalized spacial score (nSPS) is 15.0. The number of benzene rings is 2. The molecule has 4 rings (SSSR count). The SMILES string of the molecule is COc1ccc(N2C(=O)C(=Cc3ccc(-c4ccc(Cl)c(C(=O)O)c4)o3)SC2=S)cc1. The zero-order valence-electron chi connectivity index (χ0n) is 16.0. The van der Waals surface area contributed by atoms with Crippen molar-refractivity contribution in [1.29, 1.82) is 0 Å². The highest BCUT2D eigenvalue weighted by Gasteiger charge is 2.33. The van der Waals surface area contributed by atoms with Gasteiger partial charge in [-0.05, 0) is 54.6 Å². The summed E-state index contributed by atoms with van der Waals surface area (Å²) in [5.41, 5.74) is 1.19. The summed E-state index contributed by atoms with van der Waals surface area (Å²) >= 11 is 12.5. The topological polar surface area (TPSA) is 80.0 Å². The zero-order valence-corrected chi connectivity index (χ0v) is 18.4. The minimum Gasteiger partial charge on any atom is -0.497 e. The van der Waals surface area contributed by atoms with Crippen molar-refractivity contribution in [2.45, 2.75) is 0 Å². The van der Waals surface area contributed by atoms with E-state index in [4.69, 9.17) is 33.0 Å². The van der Waals surface area contributed by atoms with E-state index in [1.165, 1.54) is 28.8 Å². The lowest BCUT2D eigenvalue weighted by Gasteiger charge is -2.14. The van der Waals surface area contributed by atoms with E-state index in [1.54, 1.807) is 55.7 Å². The molecule has 6 nitrogen and oxygen atoms in total. The fourth-order valence-electron chi connectivity index (χ4n) is 2.98. The van der Waals surface area contributed by atoms with Gasteiger partial charge in [-0.1, -0.05) is 35.6 Å². The second kappa shape index (κ2) is 8.58. The van der Waals surface area contributed by atoms with Crippen LogP contribution in [0.3, 0.4) is 0 Å². The van der Waals surface area contributed by atoms with Gasteiger partial charge in [0, 0.05) is 11.6 Å². The van der Waals surface area contributed by atoms with Crippen LogP contribution in [-0.4, -0.2) is 28.4 Å². The predicted molar refractivity (Wildman–Crippen MR) is 125 cm³/mol. The Labute approximate surface area is 192 Å². The highest BCUT2D eigenvalue weighted by atomic mass is 35.5. The summed E-state index contributed by atoms with van der Waals surface area (Å²) in [6.45, 7) is 0. The summed E-state index contributed by atoms with van der Waals surface area (Å²) in [5, 5.41) is 9.39. The molecular formula is C22H14ClNO5S2. The maximum Gasteiger partial charge on any atom is 0.337 e. The molecule has 0 aliphatic carbocycles. The molecule has 156 valence electrons. The monoisotopic (exact) mass is 471 g/mol. The number of hydrogen-bond donors (Lipinski definition) is 1. The maximum atomic E-state index is 12.9. The van der Waals surface area contributed by atoms with Gasteiger partial charge in [0.15, 0.2) is 4.32 Å². The summed E-state index contributed by atoms with van der Waals surface area (Å²) in [5.74, 6) is 0.202. The highest BCUT2D eigenvalue weighted by molar-refractivity contribution is 8.27. The van der Waals surface area contributed by atoms with Crippen LogP contribution in [-0.2, 0) is 4.79 Å². The summed E-state index contributed by atoms with van der Waals surface area (Å²) in [7, 11) is 1.57. The predicted octanol–water partition coefficient (Wildman–Crippen LogP) is 5.71. The van der Waals surface area contributed by atoms with Gasteiger partial charge in [0.1, 0.15) is 17.3 Å². The lowest BCUT2D eigenvalue weighted by atomic mass is 10.1. The Kier molecular flexibility index (Phi) is 5.86. The molecule has 1 aliphatic rings. The van der Waals surface area contributed by atoms with E-state index >= 15 is 0 Å². The lowest BCUT2D eigenvalue weighted by Crippen LogP contribution is -2.27. The smallest absolute Gasteiger partial charge is 0.337 e.